The van der Waals surface area contributed by atoms with Gasteiger partial charge >= 0.3 is 0 Å². The molecule has 0 saturated carbocycles. The van der Waals surface area contributed by atoms with Gasteiger partial charge in [-0.25, -0.2) is 4.99 Å². The topological polar surface area (TPSA) is 78.4 Å². The zero-order valence-corrected chi connectivity index (χ0v) is 18.7. The normalized spacial score (nSPS) is 15.0. The van der Waals surface area contributed by atoms with Gasteiger partial charge in [0.1, 0.15) is 0 Å². The molecule has 2 aromatic carbocycles. The number of methoxy groups -OCH3 is 2. The van der Waals surface area contributed by atoms with Crippen molar-refractivity contribution in [3.8, 4) is 11.5 Å². The summed E-state index contributed by atoms with van der Waals surface area (Å²) in [4.78, 5) is 7.11. The average Bonchev–Trinajstić information content (AvgIpc) is 2.83. The van der Waals surface area contributed by atoms with Crippen LogP contribution in [0.4, 0.5) is 11.4 Å². The SMILES string of the molecule is CCNC(=NCc1ccc(N2CCC(CO)CC2)cc1)Nc1ccc(OC)c(OC)c1. The maximum Gasteiger partial charge on any atom is 0.196 e. The first-order chi connectivity index (χ1) is 15.2. The standard InChI is InChI=1S/C24H34N4O3/c1-4-25-24(27-20-7-10-22(30-2)23(15-20)31-3)26-16-18-5-8-21(9-6-18)28-13-11-19(17-29)12-14-28/h5-10,15,19,29H,4,11-14,16-17H2,1-3H3,(H2,25,26,27). The Balaban J connectivity index is 1.62. The molecule has 1 saturated heterocycles. The van der Waals surface area contributed by atoms with E-state index in [9.17, 15) is 5.11 Å². The van der Waals surface area contributed by atoms with Crippen molar-refractivity contribution in [3.05, 3.63) is 48.0 Å². The van der Waals surface area contributed by atoms with Crippen LogP contribution in [0, 0.1) is 5.92 Å². The summed E-state index contributed by atoms with van der Waals surface area (Å²) >= 11 is 0. The number of hydrogen-bond acceptors (Lipinski definition) is 5. The number of nitrogens with one attached hydrogen (secondary N) is 2. The number of anilines is 2. The second-order valence-electron chi connectivity index (χ2n) is 7.67. The summed E-state index contributed by atoms with van der Waals surface area (Å²) in [6.07, 6.45) is 2.10. The molecule has 1 heterocycles. The van der Waals surface area contributed by atoms with Crippen LogP contribution in [-0.4, -0.2) is 51.5 Å². The van der Waals surface area contributed by atoms with Gasteiger partial charge in [0, 0.05) is 43.7 Å². The van der Waals surface area contributed by atoms with E-state index < -0.39 is 0 Å². The number of aliphatic imine (C=N–C) groups is 1. The second kappa shape index (κ2) is 11.5. The molecule has 31 heavy (non-hydrogen) atoms. The Morgan fingerprint density at radius 3 is 2.39 bits per heavy atom. The summed E-state index contributed by atoms with van der Waals surface area (Å²) in [5.41, 5.74) is 3.26. The molecule has 0 atom stereocenters. The lowest BCUT2D eigenvalue weighted by Crippen LogP contribution is -2.34. The van der Waals surface area contributed by atoms with Gasteiger partial charge in [-0.1, -0.05) is 12.1 Å². The Morgan fingerprint density at radius 2 is 1.77 bits per heavy atom. The first-order valence-corrected chi connectivity index (χ1v) is 10.9. The number of aliphatic hydroxyl groups is 1. The van der Waals surface area contributed by atoms with Crippen molar-refractivity contribution in [1.29, 1.82) is 0 Å². The van der Waals surface area contributed by atoms with Gasteiger partial charge in [-0.05, 0) is 55.5 Å². The van der Waals surface area contributed by atoms with E-state index in [1.165, 1.54) is 5.69 Å². The third-order valence-electron chi connectivity index (χ3n) is 5.58. The highest BCUT2D eigenvalue weighted by Gasteiger charge is 2.18. The molecule has 0 radical (unpaired) electrons. The Kier molecular flexibility index (Phi) is 8.41. The van der Waals surface area contributed by atoms with Crippen LogP contribution in [0.15, 0.2) is 47.5 Å². The maximum absolute atomic E-state index is 9.32. The lowest BCUT2D eigenvalue weighted by molar-refractivity contribution is 0.203. The maximum atomic E-state index is 9.32. The number of rotatable bonds is 8. The number of aliphatic hydroxyl groups excluding tert-OH is 1. The fraction of sp³-hybridized carbons (Fsp3) is 0.458. The summed E-state index contributed by atoms with van der Waals surface area (Å²) in [5, 5.41) is 15.9. The molecule has 168 valence electrons. The molecule has 3 N–H and O–H groups in total. The van der Waals surface area contributed by atoms with Gasteiger partial charge in [-0.3, -0.25) is 0 Å². The van der Waals surface area contributed by atoms with E-state index in [4.69, 9.17) is 14.5 Å². The molecule has 1 aliphatic rings. The summed E-state index contributed by atoms with van der Waals surface area (Å²) in [7, 11) is 3.25. The highest BCUT2D eigenvalue weighted by Crippen LogP contribution is 2.29. The lowest BCUT2D eigenvalue weighted by Gasteiger charge is -2.32. The summed E-state index contributed by atoms with van der Waals surface area (Å²) in [6, 6.07) is 14.3. The van der Waals surface area contributed by atoms with Crippen molar-refractivity contribution in [2.75, 3.05) is 50.7 Å². The van der Waals surface area contributed by atoms with Crippen molar-refractivity contribution in [2.45, 2.75) is 26.3 Å². The van der Waals surface area contributed by atoms with E-state index in [0.29, 0.717) is 36.5 Å². The molecule has 1 fully saturated rings. The van der Waals surface area contributed by atoms with Crippen LogP contribution < -0.4 is 25.0 Å². The van der Waals surface area contributed by atoms with Gasteiger partial charge in [0.2, 0.25) is 0 Å². The number of piperidine rings is 1. The van der Waals surface area contributed by atoms with E-state index in [-0.39, 0.29) is 0 Å². The summed E-state index contributed by atoms with van der Waals surface area (Å²) in [5.74, 6) is 2.52. The molecule has 2 aromatic rings. The predicted octanol–water partition coefficient (Wildman–Crippen LogP) is 3.49. The van der Waals surface area contributed by atoms with Crippen molar-refractivity contribution < 1.29 is 14.6 Å². The first-order valence-electron chi connectivity index (χ1n) is 10.9. The van der Waals surface area contributed by atoms with Crippen LogP contribution in [0.25, 0.3) is 0 Å². The number of nitrogens with zero attached hydrogens (tertiary/aromatic N) is 2. The van der Waals surface area contributed by atoms with E-state index >= 15 is 0 Å². The molecular formula is C24H34N4O3. The molecule has 7 heteroatoms. The monoisotopic (exact) mass is 426 g/mol. The fourth-order valence-corrected chi connectivity index (χ4v) is 3.71. The Bertz CT molecular complexity index is 846. The smallest absolute Gasteiger partial charge is 0.196 e. The highest BCUT2D eigenvalue weighted by molar-refractivity contribution is 5.93. The summed E-state index contributed by atoms with van der Waals surface area (Å²) < 4.78 is 10.7. The highest BCUT2D eigenvalue weighted by atomic mass is 16.5. The van der Waals surface area contributed by atoms with Gasteiger partial charge < -0.3 is 30.1 Å². The van der Waals surface area contributed by atoms with Crippen LogP contribution in [0.2, 0.25) is 0 Å². The zero-order valence-electron chi connectivity index (χ0n) is 18.7. The van der Waals surface area contributed by atoms with Crippen molar-refractivity contribution in [3.63, 3.8) is 0 Å². The van der Waals surface area contributed by atoms with E-state index in [1.54, 1.807) is 14.2 Å². The van der Waals surface area contributed by atoms with E-state index in [2.05, 4.69) is 39.8 Å². The van der Waals surface area contributed by atoms with Crippen molar-refractivity contribution in [2.24, 2.45) is 10.9 Å². The second-order valence-corrected chi connectivity index (χ2v) is 7.67. The Morgan fingerprint density at radius 1 is 1.06 bits per heavy atom. The number of hydrogen-bond donors (Lipinski definition) is 3. The zero-order chi connectivity index (χ0) is 22.1. The molecule has 0 aromatic heterocycles. The van der Waals surface area contributed by atoms with Gasteiger partial charge in [0.15, 0.2) is 17.5 Å². The van der Waals surface area contributed by atoms with Crippen LogP contribution in [-0.2, 0) is 6.54 Å². The molecule has 0 aliphatic carbocycles. The fourth-order valence-electron chi connectivity index (χ4n) is 3.71. The molecule has 0 unspecified atom stereocenters. The van der Waals surface area contributed by atoms with E-state index in [0.717, 1.165) is 43.7 Å². The first kappa shape index (κ1) is 22.7. The van der Waals surface area contributed by atoms with Gasteiger partial charge in [0.25, 0.3) is 0 Å². The molecule has 0 spiro atoms. The average molecular weight is 427 g/mol. The minimum Gasteiger partial charge on any atom is -0.493 e. The molecule has 7 nitrogen and oxygen atoms in total. The largest absolute Gasteiger partial charge is 0.493 e. The third-order valence-corrected chi connectivity index (χ3v) is 5.58. The number of ether oxygens (including phenoxy) is 2. The molecule has 0 amide bonds. The van der Waals surface area contributed by atoms with Gasteiger partial charge in [-0.2, -0.15) is 0 Å². The Labute approximate surface area is 185 Å². The number of benzene rings is 2. The lowest BCUT2D eigenvalue weighted by atomic mass is 9.97. The number of guanidine groups is 1. The molecule has 3 rings (SSSR count). The van der Waals surface area contributed by atoms with Crippen LogP contribution in [0.1, 0.15) is 25.3 Å². The Hall–Kier alpha value is -2.93. The minimum absolute atomic E-state index is 0.302. The minimum atomic E-state index is 0.302. The summed E-state index contributed by atoms with van der Waals surface area (Å²) in [6.45, 7) is 5.69. The predicted molar refractivity (Wildman–Crippen MR) is 126 cm³/mol. The van der Waals surface area contributed by atoms with Crippen LogP contribution in [0.3, 0.4) is 0 Å². The molecular weight excluding hydrogens is 392 g/mol. The quantitative estimate of drug-likeness (QED) is 0.443. The van der Waals surface area contributed by atoms with Crippen molar-refractivity contribution >= 4 is 17.3 Å². The third kappa shape index (κ3) is 6.28. The van der Waals surface area contributed by atoms with Crippen LogP contribution >= 0.6 is 0 Å². The van der Waals surface area contributed by atoms with Crippen LogP contribution in [0.5, 0.6) is 11.5 Å². The molecule has 0 bridgehead atoms. The van der Waals surface area contributed by atoms with E-state index in [1.807, 2.05) is 25.1 Å². The molecule has 1 aliphatic heterocycles. The van der Waals surface area contributed by atoms with Crippen molar-refractivity contribution in [1.82, 2.24) is 5.32 Å². The van der Waals surface area contributed by atoms with Gasteiger partial charge in [0.05, 0.1) is 20.8 Å². The van der Waals surface area contributed by atoms with Gasteiger partial charge in [-0.15, -0.1) is 0 Å².